The highest BCUT2D eigenvalue weighted by molar-refractivity contribution is 9.11. The van der Waals surface area contributed by atoms with Crippen molar-refractivity contribution < 1.29 is 18.7 Å². The Hall–Kier alpha value is -1.47. The maximum atomic E-state index is 13.5. The molecule has 0 aliphatic carbocycles. The lowest BCUT2D eigenvalue weighted by atomic mass is 10.2. The Bertz CT molecular complexity index is 649. The number of anilines is 1. The van der Waals surface area contributed by atoms with Gasteiger partial charge in [0.25, 0.3) is 5.91 Å². The largest absolute Gasteiger partial charge is 0.506 e. The van der Waals surface area contributed by atoms with Crippen molar-refractivity contribution >= 4 is 43.5 Å². The summed E-state index contributed by atoms with van der Waals surface area (Å²) in [7, 11) is 0. The topological polar surface area (TPSA) is 49.3 Å². The number of hydrogen-bond acceptors (Lipinski definition) is 2. The fourth-order valence-corrected chi connectivity index (χ4v) is 2.73. The van der Waals surface area contributed by atoms with Crippen LogP contribution in [0, 0.1) is 11.6 Å². The Kier molecular flexibility index (Phi) is 4.39. The van der Waals surface area contributed by atoms with Gasteiger partial charge in [0, 0.05) is 5.69 Å². The van der Waals surface area contributed by atoms with Crippen molar-refractivity contribution in [2.24, 2.45) is 0 Å². The molecule has 20 heavy (non-hydrogen) atoms. The third kappa shape index (κ3) is 2.99. The van der Waals surface area contributed by atoms with Gasteiger partial charge in [0.1, 0.15) is 22.9 Å². The quantitative estimate of drug-likeness (QED) is 0.724. The minimum absolute atomic E-state index is 0.0416. The Morgan fingerprint density at radius 1 is 1.10 bits per heavy atom. The van der Waals surface area contributed by atoms with Crippen LogP contribution < -0.4 is 5.32 Å². The van der Waals surface area contributed by atoms with Crippen molar-refractivity contribution in [2.75, 3.05) is 5.32 Å². The number of carbonyl (C=O) groups is 1. The summed E-state index contributed by atoms with van der Waals surface area (Å²) in [5.74, 6) is -2.84. The van der Waals surface area contributed by atoms with Crippen LogP contribution >= 0.6 is 31.9 Å². The predicted octanol–water partition coefficient (Wildman–Crippen LogP) is 4.45. The lowest BCUT2D eigenvalue weighted by molar-refractivity contribution is 0.101. The first-order valence-electron chi connectivity index (χ1n) is 5.33. The molecule has 2 aromatic rings. The van der Waals surface area contributed by atoms with Crippen LogP contribution in [0.3, 0.4) is 0 Å². The molecule has 0 aromatic heterocycles. The number of phenols is 1. The van der Waals surface area contributed by atoms with Gasteiger partial charge >= 0.3 is 0 Å². The summed E-state index contributed by atoms with van der Waals surface area (Å²) in [4.78, 5) is 11.9. The maximum absolute atomic E-state index is 13.5. The SMILES string of the molecule is O=C(Nc1cc(Br)c(O)c(Br)c1)c1c(F)cccc1F. The highest BCUT2D eigenvalue weighted by Gasteiger charge is 2.17. The zero-order valence-electron chi connectivity index (χ0n) is 9.75. The van der Waals surface area contributed by atoms with Crippen molar-refractivity contribution in [1.29, 1.82) is 0 Å². The van der Waals surface area contributed by atoms with E-state index < -0.39 is 23.1 Å². The molecule has 104 valence electrons. The standard InChI is InChI=1S/C13H7Br2F2NO2/c14-7-4-6(5-8(15)12(7)19)18-13(20)11-9(16)2-1-3-10(11)17/h1-5,19H,(H,18,20). The second-order valence-electron chi connectivity index (χ2n) is 3.84. The van der Waals surface area contributed by atoms with Crippen LogP contribution in [0.15, 0.2) is 39.3 Å². The molecule has 2 rings (SSSR count). The van der Waals surface area contributed by atoms with Gasteiger partial charge in [-0.25, -0.2) is 8.78 Å². The lowest BCUT2D eigenvalue weighted by Crippen LogP contribution is -2.15. The first-order chi connectivity index (χ1) is 9.40. The van der Waals surface area contributed by atoms with Gasteiger partial charge in [-0.2, -0.15) is 0 Å². The van der Waals surface area contributed by atoms with Gasteiger partial charge in [-0.05, 0) is 56.1 Å². The zero-order chi connectivity index (χ0) is 14.9. The van der Waals surface area contributed by atoms with E-state index in [2.05, 4.69) is 37.2 Å². The predicted molar refractivity (Wildman–Crippen MR) is 77.8 cm³/mol. The molecule has 0 heterocycles. The first kappa shape index (κ1) is 14.9. The van der Waals surface area contributed by atoms with Crippen LogP contribution in [-0.2, 0) is 0 Å². The van der Waals surface area contributed by atoms with Crippen molar-refractivity contribution in [3.05, 3.63) is 56.5 Å². The number of halogens is 4. The van der Waals surface area contributed by atoms with Gasteiger partial charge in [0.05, 0.1) is 8.95 Å². The van der Waals surface area contributed by atoms with E-state index in [0.29, 0.717) is 8.95 Å². The molecule has 3 nitrogen and oxygen atoms in total. The highest BCUT2D eigenvalue weighted by atomic mass is 79.9. The number of rotatable bonds is 2. The van der Waals surface area contributed by atoms with E-state index >= 15 is 0 Å². The molecule has 0 aliphatic rings. The van der Waals surface area contributed by atoms with Gasteiger partial charge in [-0.1, -0.05) is 6.07 Å². The minimum atomic E-state index is -0.945. The molecule has 2 N–H and O–H groups in total. The van der Waals surface area contributed by atoms with E-state index in [4.69, 9.17) is 0 Å². The van der Waals surface area contributed by atoms with Crippen LogP contribution in [0.4, 0.5) is 14.5 Å². The van der Waals surface area contributed by atoms with Gasteiger partial charge in [0.15, 0.2) is 0 Å². The van der Waals surface area contributed by atoms with Crippen molar-refractivity contribution in [3.63, 3.8) is 0 Å². The van der Waals surface area contributed by atoms with Gasteiger partial charge in [-0.3, -0.25) is 4.79 Å². The number of hydrogen-bond donors (Lipinski definition) is 2. The third-order valence-corrected chi connectivity index (χ3v) is 3.67. The molecule has 0 fully saturated rings. The minimum Gasteiger partial charge on any atom is -0.506 e. The highest BCUT2D eigenvalue weighted by Crippen LogP contribution is 2.35. The average molecular weight is 407 g/mol. The Labute approximate surface area is 129 Å². The molecule has 0 radical (unpaired) electrons. The van der Waals surface area contributed by atoms with E-state index in [-0.39, 0.29) is 11.4 Å². The second kappa shape index (κ2) is 5.88. The molecule has 7 heteroatoms. The summed E-state index contributed by atoms with van der Waals surface area (Å²) >= 11 is 6.19. The number of aromatic hydroxyl groups is 1. The number of carbonyl (C=O) groups excluding carboxylic acids is 1. The van der Waals surface area contributed by atoms with Crippen molar-refractivity contribution in [2.45, 2.75) is 0 Å². The molecule has 0 unspecified atom stereocenters. The molecule has 1 amide bonds. The normalized spacial score (nSPS) is 10.4. The van der Waals surface area contributed by atoms with E-state index in [1.165, 1.54) is 18.2 Å². The molecule has 0 spiro atoms. The Morgan fingerprint density at radius 2 is 1.60 bits per heavy atom. The van der Waals surface area contributed by atoms with E-state index in [0.717, 1.165) is 12.1 Å². The second-order valence-corrected chi connectivity index (χ2v) is 5.55. The summed E-state index contributed by atoms with van der Waals surface area (Å²) in [6, 6.07) is 6.00. The maximum Gasteiger partial charge on any atom is 0.261 e. The molecule has 2 aromatic carbocycles. The number of amides is 1. The smallest absolute Gasteiger partial charge is 0.261 e. The first-order valence-corrected chi connectivity index (χ1v) is 6.92. The van der Waals surface area contributed by atoms with Crippen molar-refractivity contribution in [3.8, 4) is 5.75 Å². The van der Waals surface area contributed by atoms with Crippen LogP contribution in [0.5, 0.6) is 5.75 Å². The van der Waals surface area contributed by atoms with Crippen LogP contribution in [0.1, 0.15) is 10.4 Å². The molecular weight excluding hydrogens is 400 g/mol. The van der Waals surface area contributed by atoms with Gasteiger partial charge in [0.2, 0.25) is 0 Å². The fourth-order valence-electron chi connectivity index (χ4n) is 1.55. The number of benzene rings is 2. The van der Waals surface area contributed by atoms with Crippen LogP contribution in [0.25, 0.3) is 0 Å². The molecule has 0 saturated heterocycles. The molecule has 0 saturated carbocycles. The monoisotopic (exact) mass is 405 g/mol. The fraction of sp³-hybridized carbons (Fsp3) is 0. The zero-order valence-corrected chi connectivity index (χ0v) is 12.9. The van der Waals surface area contributed by atoms with Crippen LogP contribution in [0.2, 0.25) is 0 Å². The molecule has 0 bridgehead atoms. The van der Waals surface area contributed by atoms with E-state index in [9.17, 15) is 18.7 Å². The average Bonchev–Trinajstić information content (AvgIpc) is 2.35. The Morgan fingerprint density at radius 3 is 2.10 bits per heavy atom. The molecule has 0 atom stereocenters. The number of nitrogens with one attached hydrogen (secondary N) is 1. The third-order valence-electron chi connectivity index (χ3n) is 2.46. The summed E-state index contributed by atoms with van der Waals surface area (Å²) in [5, 5.41) is 11.9. The van der Waals surface area contributed by atoms with Crippen molar-refractivity contribution in [1.82, 2.24) is 0 Å². The molecule has 0 aliphatic heterocycles. The summed E-state index contributed by atoms with van der Waals surface area (Å²) < 4.78 is 27.6. The van der Waals surface area contributed by atoms with Gasteiger partial charge < -0.3 is 10.4 Å². The lowest BCUT2D eigenvalue weighted by Gasteiger charge is -2.09. The summed E-state index contributed by atoms with van der Waals surface area (Å²) in [6.07, 6.45) is 0. The van der Waals surface area contributed by atoms with Crippen LogP contribution in [-0.4, -0.2) is 11.0 Å². The number of phenolic OH excluding ortho intramolecular Hbond substituents is 1. The Balaban J connectivity index is 2.33. The van der Waals surface area contributed by atoms with Gasteiger partial charge in [-0.15, -0.1) is 0 Å². The van der Waals surface area contributed by atoms with E-state index in [1.54, 1.807) is 0 Å². The summed E-state index contributed by atoms with van der Waals surface area (Å²) in [6.45, 7) is 0. The van der Waals surface area contributed by atoms with E-state index in [1.807, 2.05) is 0 Å². The summed E-state index contributed by atoms with van der Waals surface area (Å²) in [5.41, 5.74) is -0.387. The molecular formula is C13H7Br2F2NO2.